The molecule has 2 rings (SSSR count). The maximum absolute atomic E-state index is 10.1. The predicted molar refractivity (Wildman–Crippen MR) is 68.2 cm³/mol. The number of ether oxygens (including phenoxy) is 3. The third-order valence-electron chi connectivity index (χ3n) is 4.44. The SMILES string of the molecule is COC[C@@H]1[C@H]2CCCCCC[C@@H](OC)[C@@H]1O[C@H]2O. The van der Waals surface area contributed by atoms with Gasteiger partial charge in [0.2, 0.25) is 0 Å². The molecule has 0 radical (unpaired) electrons. The smallest absolute Gasteiger partial charge is 0.158 e. The van der Waals surface area contributed by atoms with Gasteiger partial charge in [-0.2, -0.15) is 0 Å². The third kappa shape index (κ3) is 3.05. The summed E-state index contributed by atoms with van der Waals surface area (Å²) in [6.45, 7) is 0.645. The Hall–Kier alpha value is -0.160. The molecule has 1 saturated carbocycles. The molecular weight excluding hydrogens is 232 g/mol. The van der Waals surface area contributed by atoms with Crippen LogP contribution in [0.5, 0.6) is 0 Å². The van der Waals surface area contributed by atoms with Crippen LogP contribution in [0.1, 0.15) is 38.5 Å². The van der Waals surface area contributed by atoms with Crippen LogP contribution in [0, 0.1) is 11.8 Å². The van der Waals surface area contributed by atoms with Gasteiger partial charge in [-0.05, 0) is 12.8 Å². The fourth-order valence-electron chi connectivity index (χ4n) is 3.44. The van der Waals surface area contributed by atoms with Crippen molar-refractivity contribution in [1.29, 1.82) is 0 Å². The normalized spacial score (nSPS) is 41.8. The number of aliphatic hydroxyl groups is 1. The molecule has 18 heavy (non-hydrogen) atoms. The standard InChI is InChI=1S/C14H26O4/c1-16-9-11-10-7-5-3-4-6-8-12(17-2)13(11)18-14(10)15/h10-15H,3-9H2,1-2H3/t10-,11-,12-,13-,14-/m1/s1. The summed E-state index contributed by atoms with van der Waals surface area (Å²) in [4.78, 5) is 0. The number of fused-ring (bicyclic) bond motifs is 2. The zero-order valence-corrected chi connectivity index (χ0v) is 11.5. The minimum absolute atomic E-state index is 0.0203. The van der Waals surface area contributed by atoms with Gasteiger partial charge >= 0.3 is 0 Å². The highest BCUT2D eigenvalue weighted by atomic mass is 16.6. The summed E-state index contributed by atoms with van der Waals surface area (Å²) in [5, 5.41) is 10.1. The average Bonchev–Trinajstić information content (AvgIpc) is 2.65. The van der Waals surface area contributed by atoms with Crippen LogP contribution < -0.4 is 0 Å². The molecule has 4 nitrogen and oxygen atoms in total. The molecule has 1 aliphatic heterocycles. The zero-order chi connectivity index (χ0) is 13.0. The minimum Gasteiger partial charge on any atom is -0.384 e. The van der Waals surface area contributed by atoms with Crippen molar-refractivity contribution in [2.45, 2.75) is 57.0 Å². The maximum Gasteiger partial charge on any atom is 0.158 e. The largest absolute Gasteiger partial charge is 0.384 e. The van der Waals surface area contributed by atoms with Crippen LogP contribution in [0.25, 0.3) is 0 Å². The lowest BCUT2D eigenvalue weighted by Gasteiger charge is -2.28. The molecule has 2 bridgehead atoms. The number of aliphatic hydroxyl groups excluding tert-OH is 1. The van der Waals surface area contributed by atoms with Crippen molar-refractivity contribution in [3.05, 3.63) is 0 Å². The summed E-state index contributed by atoms with van der Waals surface area (Å²) in [5.74, 6) is 0.457. The summed E-state index contributed by atoms with van der Waals surface area (Å²) in [6.07, 6.45) is 6.31. The molecule has 0 aromatic rings. The van der Waals surface area contributed by atoms with E-state index in [4.69, 9.17) is 14.2 Å². The van der Waals surface area contributed by atoms with Gasteiger partial charge in [-0.1, -0.05) is 25.7 Å². The van der Waals surface area contributed by atoms with E-state index in [0.717, 1.165) is 12.8 Å². The van der Waals surface area contributed by atoms with E-state index >= 15 is 0 Å². The van der Waals surface area contributed by atoms with Crippen LogP contribution in [-0.4, -0.2) is 44.4 Å². The van der Waals surface area contributed by atoms with Crippen LogP contribution in [0.3, 0.4) is 0 Å². The Labute approximate surface area is 110 Å². The molecule has 1 heterocycles. The van der Waals surface area contributed by atoms with Crippen molar-refractivity contribution in [1.82, 2.24) is 0 Å². The second-order valence-electron chi connectivity index (χ2n) is 5.54. The molecule has 0 spiro atoms. The number of rotatable bonds is 3. The Balaban J connectivity index is 2.13. The van der Waals surface area contributed by atoms with Gasteiger partial charge in [-0.3, -0.25) is 0 Å². The van der Waals surface area contributed by atoms with Crippen molar-refractivity contribution in [3.8, 4) is 0 Å². The van der Waals surface area contributed by atoms with E-state index in [0.29, 0.717) is 6.61 Å². The van der Waals surface area contributed by atoms with Gasteiger partial charge in [-0.25, -0.2) is 0 Å². The second kappa shape index (κ2) is 6.85. The number of methoxy groups -OCH3 is 2. The van der Waals surface area contributed by atoms with Gasteiger partial charge in [0.15, 0.2) is 6.29 Å². The second-order valence-corrected chi connectivity index (χ2v) is 5.54. The molecule has 0 aromatic carbocycles. The molecule has 0 unspecified atom stereocenters. The van der Waals surface area contributed by atoms with Gasteiger partial charge in [-0.15, -0.1) is 0 Å². The number of hydrogen-bond donors (Lipinski definition) is 1. The molecular formula is C14H26O4. The fraction of sp³-hybridized carbons (Fsp3) is 1.00. The first-order chi connectivity index (χ1) is 8.77. The van der Waals surface area contributed by atoms with Crippen molar-refractivity contribution < 1.29 is 19.3 Å². The fourth-order valence-corrected chi connectivity index (χ4v) is 3.44. The van der Waals surface area contributed by atoms with Crippen LogP contribution >= 0.6 is 0 Å². The summed E-state index contributed by atoms with van der Waals surface area (Å²) in [5.41, 5.74) is 0. The Kier molecular flexibility index (Phi) is 5.42. The zero-order valence-electron chi connectivity index (χ0n) is 11.5. The van der Waals surface area contributed by atoms with Crippen molar-refractivity contribution in [3.63, 3.8) is 0 Å². The first-order valence-electron chi connectivity index (χ1n) is 7.13. The first-order valence-corrected chi connectivity index (χ1v) is 7.13. The van der Waals surface area contributed by atoms with Crippen molar-refractivity contribution >= 4 is 0 Å². The van der Waals surface area contributed by atoms with Crippen LogP contribution in [0.15, 0.2) is 0 Å². The van der Waals surface area contributed by atoms with Gasteiger partial charge in [0, 0.05) is 26.1 Å². The molecule has 5 atom stereocenters. The quantitative estimate of drug-likeness (QED) is 0.840. The molecule has 2 fully saturated rings. The molecule has 1 N–H and O–H groups in total. The van der Waals surface area contributed by atoms with E-state index in [1.165, 1.54) is 25.7 Å². The molecule has 2 aliphatic rings. The van der Waals surface area contributed by atoms with Gasteiger partial charge in [0.1, 0.15) is 0 Å². The summed E-state index contributed by atoms with van der Waals surface area (Å²) in [6, 6.07) is 0. The third-order valence-corrected chi connectivity index (χ3v) is 4.44. The van der Waals surface area contributed by atoms with Crippen LogP contribution in [0.4, 0.5) is 0 Å². The van der Waals surface area contributed by atoms with Crippen molar-refractivity contribution in [2.24, 2.45) is 11.8 Å². The first kappa shape index (κ1) is 14.3. The lowest BCUT2D eigenvalue weighted by Crippen LogP contribution is -2.37. The Morgan fingerprint density at radius 1 is 1.11 bits per heavy atom. The lowest BCUT2D eigenvalue weighted by atomic mass is 9.82. The van der Waals surface area contributed by atoms with Gasteiger partial charge in [0.05, 0.1) is 18.8 Å². The monoisotopic (exact) mass is 258 g/mol. The summed E-state index contributed by atoms with van der Waals surface area (Å²) < 4.78 is 16.7. The number of hydrogen-bond acceptors (Lipinski definition) is 4. The topological polar surface area (TPSA) is 47.9 Å². The molecule has 1 saturated heterocycles. The van der Waals surface area contributed by atoms with Crippen LogP contribution in [-0.2, 0) is 14.2 Å². The van der Waals surface area contributed by atoms with E-state index < -0.39 is 6.29 Å². The molecule has 106 valence electrons. The lowest BCUT2D eigenvalue weighted by molar-refractivity contribution is -0.141. The highest BCUT2D eigenvalue weighted by molar-refractivity contribution is 4.91. The Bertz CT molecular complexity index is 246. The van der Waals surface area contributed by atoms with Gasteiger partial charge < -0.3 is 19.3 Å². The molecule has 0 aromatic heterocycles. The summed E-state index contributed by atoms with van der Waals surface area (Å²) in [7, 11) is 3.45. The highest BCUT2D eigenvalue weighted by Crippen LogP contribution is 2.39. The Morgan fingerprint density at radius 2 is 1.83 bits per heavy atom. The van der Waals surface area contributed by atoms with Crippen molar-refractivity contribution in [2.75, 3.05) is 20.8 Å². The molecule has 4 heteroatoms. The Morgan fingerprint density at radius 3 is 2.50 bits per heavy atom. The summed E-state index contributed by atoms with van der Waals surface area (Å²) >= 11 is 0. The molecule has 0 amide bonds. The van der Waals surface area contributed by atoms with E-state index in [1.807, 2.05) is 0 Å². The van der Waals surface area contributed by atoms with E-state index in [9.17, 15) is 5.11 Å². The highest BCUT2D eigenvalue weighted by Gasteiger charge is 2.46. The van der Waals surface area contributed by atoms with Gasteiger partial charge in [0.25, 0.3) is 0 Å². The van der Waals surface area contributed by atoms with E-state index in [1.54, 1.807) is 14.2 Å². The predicted octanol–water partition coefficient (Wildman–Crippen LogP) is 1.95. The minimum atomic E-state index is -0.647. The average molecular weight is 258 g/mol. The molecule has 1 aliphatic carbocycles. The van der Waals surface area contributed by atoms with Crippen LogP contribution in [0.2, 0.25) is 0 Å². The van der Waals surface area contributed by atoms with E-state index in [2.05, 4.69) is 0 Å². The maximum atomic E-state index is 10.1. The van der Waals surface area contributed by atoms with E-state index in [-0.39, 0.29) is 24.0 Å².